The second-order valence-electron chi connectivity index (χ2n) is 5.17. The zero-order valence-electron chi connectivity index (χ0n) is 13.0. The summed E-state index contributed by atoms with van der Waals surface area (Å²) in [5.41, 5.74) is -0.550. The SMILES string of the molecule is CCC(O)(CC)CNC(=O)Nc1ccc(OCC(F)(F)F)cc1. The van der Waals surface area contributed by atoms with Crippen LogP contribution in [0.4, 0.5) is 23.7 Å². The monoisotopic (exact) mass is 334 g/mol. The van der Waals surface area contributed by atoms with Gasteiger partial charge in [0.05, 0.1) is 5.60 Å². The number of anilines is 1. The van der Waals surface area contributed by atoms with E-state index in [0.29, 0.717) is 18.5 Å². The molecule has 23 heavy (non-hydrogen) atoms. The van der Waals surface area contributed by atoms with E-state index in [-0.39, 0.29) is 12.3 Å². The van der Waals surface area contributed by atoms with Crippen molar-refractivity contribution < 1.29 is 27.8 Å². The molecule has 2 amide bonds. The summed E-state index contributed by atoms with van der Waals surface area (Å²) < 4.78 is 40.6. The first-order valence-corrected chi connectivity index (χ1v) is 7.24. The first kappa shape index (κ1) is 19.1. The maximum absolute atomic E-state index is 12.0. The first-order valence-electron chi connectivity index (χ1n) is 7.24. The van der Waals surface area contributed by atoms with Crippen molar-refractivity contribution in [2.24, 2.45) is 0 Å². The number of halogens is 3. The molecule has 0 saturated carbocycles. The minimum Gasteiger partial charge on any atom is -0.484 e. The Labute approximate surface area is 132 Å². The van der Waals surface area contributed by atoms with Gasteiger partial charge in [-0.2, -0.15) is 13.2 Å². The predicted molar refractivity (Wildman–Crippen MR) is 80.5 cm³/mol. The minimum absolute atomic E-state index is 0.0552. The van der Waals surface area contributed by atoms with Gasteiger partial charge in [-0.3, -0.25) is 0 Å². The van der Waals surface area contributed by atoms with E-state index in [1.165, 1.54) is 24.3 Å². The van der Waals surface area contributed by atoms with Crippen molar-refractivity contribution >= 4 is 11.7 Å². The number of amides is 2. The lowest BCUT2D eigenvalue weighted by Gasteiger charge is -2.25. The van der Waals surface area contributed by atoms with Crippen molar-refractivity contribution in [2.45, 2.75) is 38.5 Å². The molecule has 5 nitrogen and oxygen atoms in total. The third-order valence-electron chi connectivity index (χ3n) is 3.41. The predicted octanol–water partition coefficient (Wildman–Crippen LogP) is 3.30. The number of carbonyl (C=O) groups is 1. The highest BCUT2D eigenvalue weighted by Gasteiger charge is 2.28. The molecule has 0 unspecified atom stereocenters. The fourth-order valence-electron chi connectivity index (χ4n) is 1.72. The zero-order chi connectivity index (χ0) is 17.5. The van der Waals surface area contributed by atoms with E-state index < -0.39 is 24.4 Å². The highest BCUT2D eigenvalue weighted by atomic mass is 19.4. The van der Waals surface area contributed by atoms with Crippen molar-refractivity contribution in [2.75, 3.05) is 18.5 Å². The quantitative estimate of drug-likeness (QED) is 0.716. The van der Waals surface area contributed by atoms with E-state index in [4.69, 9.17) is 0 Å². The number of hydrogen-bond donors (Lipinski definition) is 3. The summed E-state index contributed by atoms with van der Waals surface area (Å²) in [5.74, 6) is 0.0552. The van der Waals surface area contributed by atoms with Gasteiger partial charge in [0.1, 0.15) is 5.75 Å². The molecule has 1 rings (SSSR count). The molecule has 1 aromatic carbocycles. The highest BCUT2D eigenvalue weighted by Crippen LogP contribution is 2.20. The van der Waals surface area contributed by atoms with E-state index in [1.54, 1.807) is 0 Å². The fourth-order valence-corrected chi connectivity index (χ4v) is 1.72. The minimum atomic E-state index is -4.40. The van der Waals surface area contributed by atoms with Gasteiger partial charge in [-0.05, 0) is 37.1 Å². The Morgan fingerprint density at radius 3 is 2.22 bits per heavy atom. The molecule has 0 aliphatic carbocycles. The van der Waals surface area contributed by atoms with Crippen LogP contribution in [0, 0.1) is 0 Å². The molecule has 0 bridgehead atoms. The van der Waals surface area contributed by atoms with E-state index in [9.17, 15) is 23.1 Å². The molecule has 1 aromatic rings. The molecule has 0 radical (unpaired) electrons. The normalized spacial score (nSPS) is 11.9. The lowest BCUT2D eigenvalue weighted by atomic mass is 9.98. The van der Waals surface area contributed by atoms with Gasteiger partial charge in [-0.1, -0.05) is 13.8 Å². The smallest absolute Gasteiger partial charge is 0.422 e. The third-order valence-corrected chi connectivity index (χ3v) is 3.41. The summed E-state index contributed by atoms with van der Waals surface area (Å²) in [5, 5.41) is 15.1. The first-order chi connectivity index (χ1) is 10.7. The molecular formula is C15H21F3N2O3. The lowest BCUT2D eigenvalue weighted by molar-refractivity contribution is -0.153. The van der Waals surface area contributed by atoms with Gasteiger partial charge >= 0.3 is 12.2 Å². The van der Waals surface area contributed by atoms with Crippen molar-refractivity contribution in [3.63, 3.8) is 0 Å². The summed E-state index contributed by atoms with van der Waals surface area (Å²) in [6.07, 6.45) is -3.38. The summed E-state index contributed by atoms with van der Waals surface area (Å²) in [7, 11) is 0. The second kappa shape index (κ2) is 8.05. The number of hydrogen-bond acceptors (Lipinski definition) is 3. The summed E-state index contributed by atoms with van der Waals surface area (Å²) >= 11 is 0. The second-order valence-corrected chi connectivity index (χ2v) is 5.17. The van der Waals surface area contributed by atoms with Crippen molar-refractivity contribution in [3.05, 3.63) is 24.3 Å². The molecular weight excluding hydrogens is 313 g/mol. The van der Waals surface area contributed by atoms with Crippen molar-refractivity contribution in [3.8, 4) is 5.75 Å². The highest BCUT2D eigenvalue weighted by molar-refractivity contribution is 5.89. The van der Waals surface area contributed by atoms with Gasteiger partial charge in [0.25, 0.3) is 0 Å². The molecule has 0 aromatic heterocycles. The zero-order valence-corrected chi connectivity index (χ0v) is 13.0. The Morgan fingerprint density at radius 2 is 1.74 bits per heavy atom. The van der Waals surface area contributed by atoms with Crippen LogP contribution >= 0.6 is 0 Å². The number of benzene rings is 1. The molecule has 0 fully saturated rings. The molecule has 8 heteroatoms. The number of aliphatic hydroxyl groups is 1. The van der Waals surface area contributed by atoms with Crippen molar-refractivity contribution in [1.82, 2.24) is 5.32 Å². The molecule has 0 aliphatic rings. The molecule has 3 N–H and O–H groups in total. The molecule has 0 saturated heterocycles. The van der Waals surface area contributed by atoms with Crippen LogP contribution in [-0.2, 0) is 0 Å². The van der Waals surface area contributed by atoms with Crippen LogP contribution in [0.3, 0.4) is 0 Å². The lowest BCUT2D eigenvalue weighted by Crippen LogP contribution is -2.43. The topological polar surface area (TPSA) is 70.6 Å². The Balaban J connectivity index is 2.47. The Hall–Kier alpha value is -1.96. The Bertz CT molecular complexity index is 500. The van der Waals surface area contributed by atoms with Crippen LogP contribution in [0.1, 0.15) is 26.7 Å². The van der Waals surface area contributed by atoms with Crippen LogP contribution in [0.15, 0.2) is 24.3 Å². The van der Waals surface area contributed by atoms with Crippen LogP contribution in [0.2, 0.25) is 0 Å². The van der Waals surface area contributed by atoms with Gasteiger partial charge in [-0.25, -0.2) is 4.79 Å². The number of carbonyl (C=O) groups excluding carboxylic acids is 1. The van der Waals surface area contributed by atoms with E-state index in [2.05, 4.69) is 15.4 Å². The molecule has 0 aliphatic heterocycles. The van der Waals surface area contributed by atoms with Gasteiger partial charge < -0.3 is 20.5 Å². The van der Waals surface area contributed by atoms with Crippen LogP contribution in [-0.4, -0.2) is 36.1 Å². The molecule has 0 heterocycles. The van der Waals surface area contributed by atoms with E-state index in [0.717, 1.165) is 0 Å². The van der Waals surface area contributed by atoms with Crippen LogP contribution in [0.25, 0.3) is 0 Å². The third kappa shape index (κ3) is 7.23. The fraction of sp³-hybridized carbons (Fsp3) is 0.533. The Kier molecular flexibility index (Phi) is 6.68. The number of ether oxygens (including phenoxy) is 1. The van der Waals surface area contributed by atoms with Crippen LogP contribution < -0.4 is 15.4 Å². The maximum Gasteiger partial charge on any atom is 0.422 e. The van der Waals surface area contributed by atoms with E-state index in [1.807, 2.05) is 13.8 Å². The van der Waals surface area contributed by atoms with Gasteiger partial charge in [-0.15, -0.1) is 0 Å². The summed E-state index contributed by atoms with van der Waals surface area (Å²) in [6, 6.07) is 5.01. The van der Waals surface area contributed by atoms with Gasteiger partial charge in [0, 0.05) is 12.2 Å². The maximum atomic E-state index is 12.0. The molecule has 0 spiro atoms. The number of alkyl halides is 3. The van der Waals surface area contributed by atoms with Crippen molar-refractivity contribution in [1.29, 1.82) is 0 Å². The summed E-state index contributed by atoms with van der Waals surface area (Å²) in [6.45, 7) is 2.39. The van der Waals surface area contributed by atoms with Crippen LogP contribution in [0.5, 0.6) is 5.75 Å². The largest absolute Gasteiger partial charge is 0.484 e. The standard InChI is InChI=1S/C15H21F3N2O3/c1-3-14(22,4-2)9-19-13(21)20-11-5-7-12(8-6-11)23-10-15(16,17)18/h5-8,22H,3-4,9-10H2,1-2H3,(H2,19,20,21). The average Bonchev–Trinajstić information content (AvgIpc) is 2.51. The molecule has 0 atom stereocenters. The van der Waals surface area contributed by atoms with Gasteiger partial charge in [0.2, 0.25) is 0 Å². The van der Waals surface area contributed by atoms with E-state index >= 15 is 0 Å². The number of urea groups is 1. The Morgan fingerprint density at radius 1 is 1.17 bits per heavy atom. The summed E-state index contributed by atoms with van der Waals surface area (Å²) in [4.78, 5) is 11.7. The number of nitrogens with one attached hydrogen (secondary N) is 2. The average molecular weight is 334 g/mol. The number of rotatable bonds is 7. The molecule has 130 valence electrons. The van der Waals surface area contributed by atoms with Gasteiger partial charge in [0.15, 0.2) is 6.61 Å².